The third kappa shape index (κ3) is 3.79. The lowest BCUT2D eigenvalue weighted by Crippen LogP contribution is -2.44. The van der Waals surface area contributed by atoms with Gasteiger partial charge in [0.1, 0.15) is 11.5 Å². The van der Waals surface area contributed by atoms with Crippen molar-refractivity contribution in [2.45, 2.75) is 18.7 Å². The molecule has 9 heteroatoms. The van der Waals surface area contributed by atoms with Crippen molar-refractivity contribution in [3.8, 4) is 11.4 Å². The molecule has 8 nitrogen and oxygen atoms in total. The Labute approximate surface area is 158 Å². The Morgan fingerprint density at radius 3 is 3.04 bits per heavy atom. The molecular formula is C18H22N6O2S. The fourth-order valence-corrected chi connectivity index (χ4v) is 4.04. The van der Waals surface area contributed by atoms with E-state index in [9.17, 15) is 4.21 Å². The van der Waals surface area contributed by atoms with Crippen LogP contribution in [0.5, 0.6) is 0 Å². The number of hydrogen-bond acceptors (Lipinski definition) is 7. The van der Waals surface area contributed by atoms with Crippen molar-refractivity contribution in [3.05, 3.63) is 36.3 Å². The first-order valence-electron chi connectivity index (χ1n) is 8.77. The number of H-pyrrole nitrogens is 1. The van der Waals surface area contributed by atoms with Crippen LogP contribution in [0.3, 0.4) is 0 Å². The maximum Gasteiger partial charge on any atom is 0.162 e. The number of pyridine rings is 1. The zero-order valence-electron chi connectivity index (χ0n) is 15.3. The number of anilines is 1. The summed E-state index contributed by atoms with van der Waals surface area (Å²) in [6, 6.07) is 5.85. The van der Waals surface area contributed by atoms with Gasteiger partial charge in [-0.2, -0.15) is 0 Å². The third-order valence-corrected chi connectivity index (χ3v) is 5.40. The first kappa shape index (κ1) is 17.9. The fourth-order valence-electron chi connectivity index (χ4n) is 3.33. The molecule has 1 aliphatic rings. The van der Waals surface area contributed by atoms with E-state index in [0.717, 1.165) is 29.0 Å². The van der Waals surface area contributed by atoms with Gasteiger partial charge < -0.3 is 14.6 Å². The van der Waals surface area contributed by atoms with Crippen LogP contribution in [0.4, 0.5) is 5.82 Å². The minimum Gasteiger partial charge on any atom is -0.377 e. The quantitative estimate of drug-likeness (QED) is 0.713. The summed E-state index contributed by atoms with van der Waals surface area (Å²) in [5, 5.41) is 0.929. The van der Waals surface area contributed by atoms with Crippen molar-refractivity contribution in [2.75, 3.05) is 30.9 Å². The molecule has 0 saturated carbocycles. The molecule has 1 saturated heterocycles. The van der Waals surface area contributed by atoms with Crippen LogP contribution in [0.2, 0.25) is 0 Å². The average Bonchev–Trinajstić information content (AvgIpc) is 3.09. The number of aromatic amines is 1. The minimum atomic E-state index is -2.72. The molecule has 0 radical (unpaired) electrons. The molecule has 1 aliphatic heterocycles. The smallest absolute Gasteiger partial charge is 0.162 e. The fraction of sp³-hybridized carbons (Fsp3) is 0.389. The summed E-state index contributed by atoms with van der Waals surface area (Å²) in [4.78, 5) is 19.0. The molecule has 3 aromatic rings. The van der Waals surface area contributed by atoms with Crippen LogP contribution in [-0.2, 0) is 20.2 Å². The summed E-state index contributed by atoms with van der Waals surface area (Å²) in [6.45, 7) is 4.09. The molecule has 0 bridgehead atoms. The van der Waals surface area contributed by atoms with Gasteiger partial charge in [-0.25, -0.2) is 19.2 Å². The van der Waals surface area contributed by atoms with Gasteiger partial charge in [0.15, 0.2) is 5.82 Å². The normalized spacial score (nSPS) is 19.9. The molecule has 4 heterocycles. The monoisotopic (exact) mass is 386 g/mol. The topological polar surface area (TPSA) is 108 Å². The standard InChI is InChI=1S/C18H22N6O2S/c1-12-10-26-8-7-24(12)16-9-13(11-27(2,19)25)22-18(23-16)15-4-6-21-17-14(15)3-5-20-17/h3-6,9,12,19H,7-8,10-11H2,1-2H3,(H,20,21)/t12-,27-/m1/s1. The molecule has 2 atom stereocenters. The van der Waals surface area contributed by atoms with Gasteiger partial charge in [0.25, 0.3) is 0 Å². The van der Waals surface area contributed by atoms with Crippen LogP contribution >= 0.6 is 0 Å². The Balaban J connectivity index is 1.86. The van der Waals surface area contributed by atoms with Gasteiger partial charge in [-0.1, -0.05) is 0 Å². The van der Waals surface area contributed by atoms with Crippen LogP contribution in [-0.4, -0.2) is 56.2 Å². The highest BCUT2D eigenvalue weighted by Crippen LogP contribution is 2.28. The lowest BCUT2D eigenvalue weighted by Gasteiger charge is -2.34. The summed E-state index contributed by atoms with van der Waals surface area (Å²) in [7, 11) is -2.72. The van der Waals surface area contributed by atoms with Crippen LogP contribution in [0.1, 0.15) is 12.6 Å². The molecule has 4 rings (SSSR count). The highest BCUT2D eigenvalue weighted by molar-refractivity contribution is 7.90. The second kappa shape index (κ2) is 6.90. The van der Waals surface area contributed by atoms with E-state index in [0.29, 0.717) is 24.7 Å². The van der Waals surface area contributed by atoms with Crippen molar-refractivity contribution in [3.63, 3.8) is 0 Å². The van der Waals surface area contributed by atoms with E-state index in [1.165, 1.54) is 6.26 Å². The largest absolute Gasteiger partial charge is 0.377 e. The summed E-state index contributed by atoms with van der Waals surface area (Å²) in [5.41, 5.74) is 2.23. The van der Waals surface area contributed by atoms with E-state index in [1.54, 1.807) is 6.20 Å². The van der Waals surface area contributed by atoms with Crippen LogP contribution in [0, 0.1) is 4.78 Å². The van der Waals surface area contributed by atoms with Gasteiger partial charge in [-0.15, -0.1) is 0 Å². The number of hydrogen-bond donors (Lipinski definition) is 2. The molecule has 0 unspecified atom stereocenters. The lowest BCUT2D eigenvalue weighted by atomic mass is 10.1. The molecule has 0 spiro atoms. The third-order valence-electron chi connectivity index (χ3n) is 4.55. The number of morpholine rings is 1. The number of nitrogens with zero attached hydrogens (tertiary/aromatic N) is 4. The van der Waals surface area contributed by atoms with E-state index >= 15 is 0 Å². The SMILES string of the molecule is C[C@@H]1COCCN1c1cc(C[S@](C)(=N)=O)nc(-c2ccnc3[nH]ccc23)n1. The molecule has 0 aliphatic carbocycles. The Kier molecular flexibility index (Phi) is 4.56. The summed E-state index contributed by atoms with van der Waals surface area (Å²) >= 11 is 0. The molecule has 142 valence electrons. The van der Waals surface area contributed by atoms with Crippen LogP contribution in [0.15, 0.2) is 30.6 Å². The Morgan fingerprint density at radius 1 is 1.41 bits per heavy atom. The zero-order chi connectivity index (χ0) is 19.0. The van der Waals surface area contributed by atoms with Gasteiger partial charge in [0, 0.05) is 51.9 Å². The van der Waals surface area contributed by atoms with Crippen molar-refractivity contribution >= 4 is 26.6 Å². The van der Waals surface area contributed by atoms with Crippen molar-refractivity contribution in [1.82, 2.24) is 19.9 Å². The maximum absolute atomic E-state index is 12.1. The second-order valence-corrected chi connectivity index (χ2v) is 9.20. The predicted molar refractivity (Wildman–Crippen MR) is 105 cm³/mol. The van der Waals surface area contributed by atoms with Crippen LogP contribution in [0.25, 0.3) is 22.4 Å². The summed E-state index contributed by atoms with van der Waals surface area (Å²) in [6.07, 6.45) is 4.98. The van der Waals surface area contributed by atoms with E-state index < -0.39 is 9.73 Å². The minimum absolute atomic E-state index is 0.0929. The first-order valence-corrected chi connectivity index (χ1v) is 10.9. The van der Waals surface area contributed by atoms with Gasteiger partial charge in [0.2, 0.25) is 0 Å². The number of ether oxygens (including phenoxy) is 1. The Morgan fingerprint density at radius 2 is 2.26 bits per heavy atom. The molecule has 0 amide bonds. The molecular weight excluding hydrogens is 364 g/mol. The molecule has 0 aromatic carbocycles. The van der Waals surface area contributed by atoms with Gasteiger partial charge in [-0.3, -0.25) is 4.78 Å². The van der Waals surface area contributed by atoms with E-state index in [1.807, 2.05) is 24.4 Å². The Hall–Kier alpha value is -2.52. The maximum atomic E-state index is 12.1. The first-order chi connectivity index (χ1) is 12.9. The summed E-state index contributed by atoms with van der Waals surface area (Å²) < 4.78 is 25.4. The van der Waals surface area contributed by atoms with Crippen molar-refractivity contribution < 1.29 is 8.95 Å². The van der Waals surface area contributed by atoms with E-state index in [2.05, 4.69) is 26.8 Å². The van der Waals surface area contributed by atoms with Crippen LogP contribution < -0.4 is 4.90 Å². The number of nitrogens with one attached hydrogen (secondary N) is 2. The molecule has 2 N–H and O–H groups in total. The van der Waals surface area contributed by atoms with E-state index in [-0.39, 0.29) is 11.8 Å². The predicted octanol–water partition coefficient (Wildman–Crippen LogP) is 2.42. The van der Waals surface area contributed by atoms with E-state index in [4.69, 9.17) is 14.5 Å². The highest BCUT2D eigenvalue weighted by Gasteiger charge is 2.22. The lowest BCUT2D eigenvalue weighted by molar-refractivity contribution is 0.0985. The molecule has 3 aromatic heterocycles. The zero-order valence-corrected chi connectivity index (χ0v) is 16.1. The highest BCUT2D eigenvalue weighted by atomic mass is 32.2. The average molecular weight is 386 g/mol. The van der Waals surface area contributed by atoms with Gasteiger partial charge >= 0.3 is 0 Å². The second-order valence-electron chi connectivity index (χ2n) is 6.91. The Bertz CT molecular complexity index is 1080. The number of rotatable bonds is 4. The van der Waals surface area contributed by atoms with Gasteiger partial charge in [0.05, 0.1) is 30.7 Å². The van der Waals surface area contributed by atoms with Crippen molar-refractivity contribution in [2.24, 2.45) is 0 Å². The molecule has 27 heavy (non-hydrogen) atoms. The number of fused-ring (bicyclic) bond motifs is 1. The summed E-state index contributed by atoms with van der Waals surface area (Å²) in [5.74, 6) is 1.42. The van der Waals surface area contributed by atoms with Crippen molar-refractivity contribution in [1.29, 1.82) is 4.78 Å². The van der Waals surface area contributed by atoms with Gasteiger partial charge in [-0.05, 0) is 19.1 Å². The number of aromatic nitrogens is 4. The molecule has 1 fully saturated rings.